The van der Waals surface area contributed by atoms with Crippen LogP contribution >= 0.6 is 0 Å². The zero-order chi connectivity index (χ0) is 11.2. The van der Waals surface area contributed by atoms with E-state index >= 15 is 0 Å². The molecule has 0 fully saturated rings. The van der Waals surface area contributed by atoms with Gasteiger partial charge in [-0.2, -0.15) is 0 Å². The van der Waals surface area contributed by atoms with E-state index in [1.807, 2.05) is 0 Å². The van der Waals surface area contributed by atoms with E-state index in [4.69, 9.17) is 15.3 Å². The van der Waals surface area contributed by atoms with Crippen molar-refractivity contribution in [3.05, 3.63) is 35.6 Å². The molecule has 0 spiro atoms. The summed E-state index contributed by atoms with van der Waals surface area (Å²) in [5.41, 5.74) is 0. The second-order valence-electron chi connectivity index (χ2n) is 1.10. The molecule has 0 aliphatic heterocycles. The van der Waals surface area contributed by atoms with Crippen molar-refractivity contribution in [3.63, 3.8) is 0 Å². The van der Waals surface area contributed by atoms with Gasteiger partial charge in [0.05, 0.1) is 5.09 Å². The van der Waals surface area contributed by atoms with Gasteiger partial charge in [-0.1, -0.05) is 0 Å². The van der Waals surface area contributed by atoms with Crippen LogP contribution < -0.4 is 8.58 Å². The Morgan fingerprint density at radius 2 is 1.00 bits per heavy atom. The van der Waals surface area contributed by atoms with Crippen molar-refractivity contribution in [2.24, 2.45) is 8.58 Å². The van der Waals surface area contributed by atoms with Gasteiger partial charge >= 0.3 is 52.8 Å². The Bertz CT molecular complexity index is 201. The second kappa shape index (κ2) is 5.29. The maximum absolute atomic E-state index is 9.66. The Morgan fingerprint density at radius 3 is 1.00 bits per heavy atom. The van der Waals surface area contributed by atoms with E-state index in [2.05, 4.69) is 8.58 Å². The van der Waals surface area contributed by atoms with Crippen LogP contribution in [0.2, 0.25) is 0 Å². The third-order valence-electron chi connectivity index (χ3n) is 0.370. The molecule has 0 unspecified atom stereocenters. The quantitative estimate of drug-likeness (QED) is 0.401. The molecule has 0 aliphatic carbocycles. The summed E-state index contributed by atoms with van der Waals surface area (Å²) in [4.78, 5) is 27.6. The summed E-state index contributed by atoms with van der Waals surface area (Å²) in [5.74, 6) is 0. The first-order valence-corrected chi connectivity index (χ1v) is 6.58. The van der Waals surface area contributed by atoms with Crippen LogP contribution in [-0.4, -0.2) is 12.1 Å². The van der Waals surface area contributed by atoms with Gasteiger partial charge in [0, 0.05) is 0 Å². The first-order valence-electron chi connectivity index (χ1n) is 1.93. The van der Waals surface area contributed by atoms with Crippen LogP contribution in [0.4, 0.5) is 0 Å². The molecule has 0 saturated heterocycles. The predicted octanol–water partition coefficient (Wildman–Crippen LogP) is -1.97. The molecule has 4 N–H and O–H groups in total. The van der Waals surface area contributed by atoms with Crippen molar-refractivity contribution < 1.29 is 29.1 Å². The number of nitrogens with two attached hydrogens (primary N) is 2. The first kappa shape index (κ1) is 14.2. The van der Waals surface area contributed by atoms with Crippen molar-refractivity contribution in [2.45, 2.75) is 0 Å². The molecule has 0 bridgehead atoms. The summed E-state index contributed by atoms with van der Waals surface area (Å²) in [7, 11) is 0. The van der Waals surface area contributed by atoms with Gasteiger partial charge in [0.2, 0.25) is 0 Å². The van der Waals surface area contributed by atoms with Crippen molar-refractivity contribution in [3.8, 4) is 0 Å². The van der Waals surface area contributed by atoms with E-state index in [1.54, 1.807) is 0 Å². The fraction of sp³-hybridized carbons (Fsp3) is 0. The van der Waals surface area contributed by atoms with Gasteiger partial charge in [-0.15, -0.1) is 0 Å². The standard InChI is InChI=1S/NO3.2NO2.2H2N.Pt/c2-1(3)4;2*2-1-3;;;/h;;;2*1H2;/q-1;;;2*-1;+4. The molecule has 13 heavy (non-hydrogen) atoms. The van der Waals surface area contributed by atoms with Crippen molar-refractivity contribution >= 4 is 0 Å². The number of nitro groups is 2. The third kappa shape index (κ3) is 6.99. The summed E-state index contributed by atoms with van der Waals surface area (Å²) in [6.07, 6.45) is 0. The normalized spacial score (nSPS) is 10.6. The maximum atomic E-state index is 9.66. The monoisotopic (exact) mass is 381 g/mol. The average Bonchev–Trinajstić information content (AvgIpc) is 1.85. The van der Waals surface area contributed by atoms with Gasteiger partial charge in [-0.05, 0) is 0 Å². The Balaban J connectivity index is 0. The van der Waals surface area contributed by atoms with Crippen molar-refractivity contribution in [1.82, 2.24) is 0 Å². The van der Waals surface area contributed by atoms with Crippen LogP contribution in [0.3, 0.4) is 0 Å². The van der Waals surface area contributed by atoms with Gasteiger partial charge in [-0.25, -0.2) is 0 Å². The summed E-state index contributed by atoms with van der Waals surface area (Å²) >= 11 is -4.82. The molecule has 0 aromatic heterocycles. The molecule has 0 amide bonds. The third-order valence-corrected chi connectivity index (χ3v) is 3.03. The van der Waals surface area contributed by atoms with Gasteiger partial charge < -0.3 is 15.3 Å². The van der Waals surface area contributed by atoms with Crippen LogP contribution in [0.15, 0.2) is 0 Å². The minimum atomic E-state index is -4.82. The van der Waals surface area contributed by atoms with E-state index in [1.165, 1.54) is 0 Å². The zero-order valence-electron chi connectivity index (χ0n) is 5.67. The van der Waals surface area contributed by atoms with E-state index in [0.717, 1.165) is 0 Å². The average molecular weight is 381 g/mol. The van der Waals surface area contributed by atoms with Gasteiger partial charge in [0.1, 0.15) is 0 Å². The summed E-state index contributed by atoms with van der Waals surface area (Å²) < 4.78 is 6.72. The fourth-order valence-corrected chi connectivity index (χ4v) is 0.345. The molecule has 0 aromatic rings. The molecule has 13 heteroatoms. The topological polar surface area (TPSA) is 205 Å². The molecule has 0 heterocycles. The van der Waals surface area contributed by atoms with Crippen LogP contribution in [0.25, 0.3) is 0 Å². The summed E-state index contributed by atoms with van der Waals surface area (Å²) in [6, 6.07) is 0. The molecule has 0 radical (unpaired) electrons. The van der Waals surface area contributed by atoms with Crippen molar-refractivity contribution in [1.29, 1.82) is 0 Å². The van der Waals surface area contributed by atoms with Gasteiger partial charge in [0.15, 0.2) is 0 Å². The second-order valence-corrected chi connectivity index (χ2v) is 6.32. The molecule has 80 valence electrons. The van der Waals surface area contributed by atoms with E-state index in [0.29, 0.717) is 0 Å². The Hall–Kier alpha value is -1.39. The Kier molecular flexibility index (Phi) is 5.76. The SMILES string of the molecule is O=[N+]([O-])[O-].[NH2][Pt+2]([NH2])([N+](=O)[O-])[N+](=O)[O-]. The minimum absolute atomic E-state index is 1.20. The molecular formula is H4N5O7Pt+. The molecule has 0 saturated carbocycles. The van der Waals surface area contributed by atoms with Crippen LogP contribution in [0.5, 0.6) is 0 Å². The molecule has 0 rings (SSSR count). The number of rotatable bonds is 2. The fourth-order valence-electron chi connectivity index (χ4n) is 0.0422. The summed E-state index contributed by atoms with van der Waals surface area (Å²) in [5, 5.41) is 34.1. The Morgan fingerprint density at radius 1 is 0.846 bits per heavy atom. The van der Waals surface area contributed by atoms with E-state index in [9.17, 15) is 20.2 Å². The molecule has 0 atom stereocenters. The molecule has 0 aromatic carbocycles. The number of hydrogen-bond acceptors (Lipinski definition) is 9. The Labute approximate surface area is 73.9 Å². The molecule has 12 nitrogen and oxygen atoms in total. The molecule has 0 aliphatic rings. The van der Waals surface area contributed by atoms with E-state index in [-0.39, 0.29) is 0 Å². The van der Waals surface area contributed by atoms with E-state index < -0.39 is 29.1 Å². The van der Waals surface area contributed by atoms with Crippen molar-refractivity contribution in [2.75, 3.05) is 0 Å². The summed E-state index contributed by atoms with van der Waals surface area (Å²) in [6.45, 7) is 0. The van der Waals surface area contributed by atoms with Crippen LogP contribution in [-0.2, 0) is 17.1 Å². The van der Waals surface area contributed by atoms with Gasteiger partial charge in [-0.3, -0.25) is 0 Å². The molecular weight excluding hydrogens is 377 g/mol. The van der Waals surface area contributed by atoms with Crippen LogP contribution in [0.1, 0.15) is 0 Å². The zero-order valence-corrected chi connectivity index (χ0v) is 7.94. The number of hydrogen-bond donors (Lipinski definition) is 2. The first-order chi connectivity index (χ1) is 5.62. The number of nitrogens with zero attached hydrogens (tertiary/aromatic N) is 3. The predicted molar refractivity (Wildman–Crippen MR) is 32.7 cm³/mol. The van der Waals surface area contributed by atoms with Gasteiger partial charge in [0.25, 0.3) is 0 Å². The van der Waals surface area contributed by atoms with Crippen LogP contribution in [0, 0.1) is 35.6 Å².